The second-order valence-electron chi connectivity index (χ2n) is 9.05. The lowest BCUT2D eigenvalue weighted by atomic mass is 9.98. The summed E-state index contributed by atoms with van der Waals surface area (Å²) in [4.78, 5) is 17.4. The van der Waals surface area contributed by atoms with Crippen molar-refractivity contribution in [3.63, 3.8) is 0 Å². The van der Waals surface area contributed by atoms with Crippen molar-refractivity contribution in [1.82, 2.24) is 20.0 Å². The SMILES string of the molecule is Cc1c(Cc2nnc(CC#N)o2)cc(Cl)cc1CN1CCN(C(=O)C2CCCC2)[C@@H](C)C1. The molecule has 2 aromatic rings. The Bertz CT molecular complexity index is 1010. The topological polar surface area (TPSA) is 86.3 Å². The van der Waals surface area contributed by atoms with E-state index in [1.54, 1.807) is 0 Å². The summed E-state index contributed by atoms with van der Waals surface area (Å²) in [6.45, 7) is 7.55. The molecule has 1 aromatic carbocycles. The molecule has 0 N–H and O–H groups in total. The van der Waals surface area contributed by atoms with Crippen LogP contribution in [0, 0.1) is 24.2 Å². The summed E-state index contributed by atoms with van der Waals surface area (Å²) in [7, 11) is 0. The average Bonchev–Trinajstić information content (AvgIpc) is 3.44. The molecular weight excluding hydrogens is 426 g/mol. The van der Waals surface area contributed by atoms with Gasteiger partial charge in [-0.2, -0.15) is 5.26 Å². The first-order chi connectivity index (χ1) is 15.4. The van der Waals surface area contributed by atoms with Crippen LogP contribution in [0.3, 0.4) is 0 Å². The molecule has 7 nitrogen and oxygen atoms in total. The number of carbonyl (C=O) groups excluding carboxylic acids is 1. The van der Waals surface area contributed by atoms with E-state index in [4.69, 9.17) is 21.3 Å². The van der Waals surface area contributed by atoms with Crippen LogP contribution in [-0.2, 0) is 24.2 Å². The van der Waals surface area contributed by atoms with Gasteiger partial charge in [-0.1, -0.05) is 24.4 Å². The number of amides is 1. The number of hydrogen-bond acceptors (Lipinski definition) is 6. The molecule has 1 amide bonds. The zero-order chi connectivity index (χ0) is 22.7. The molecule has 1 atom stereocenters. The van der Waals surface area contributed by atoms with Gasteiger partial charge in [0, 0.05) is 43.2 Å². The largest absolute Gasteiger partial charge is 0.424 e. The first-order valence-electron chi connectivity index (χ1n) is 11.4. The van der Waals surface area contributed by atoms with E-state index in [1.807, 2.05) is 18.2 Å². The summed E-state index contributed by atoms with van der Waals surface area (Å²) in [5.74, 6) is 1.41. The van der Waals surface area contributed by atoms with Gasteiger partial charge in [0.15, 0.2) is 0 Å². The highest BCUT2D eigenvalue weighted by Crippen LogP contribution is 2.29. The van der Waals surface area contributed by atoms with Crippen molar-refractivity contribution < 1.29 is 9.21 Å². The van der Waals surface area contributed by atoms with Gasteiger partial charge in [-0.05, 0) is 55.5 Å². The minimum atomic E-state index is 0.111. The number of nitrogens with zero attached hydrogens (tertiary/aromatic N) is 5. The Morgan fingerprint density at radius 3 is 2.66 bits per heavy atom. The Kier molecular flexibility index (Phi) is 7.12. The van der Waals surface area contributed by atoms with Gasteiger partial charge in [0.25, 0.3) is 0 Å². The fraction of sp³-hybridized carbons (Fsp3) is 0.583. The van der Waals surface area contributed by atoms with E-state index in [9.17, 15) is 4.79 Å². The monoisotopic (exact) mass is 455 g/mol. The molecule has 1 saturated carbocycles. The van der Waals surface area contributed by atoms with Crippen molar-refractivity contribution in [1.29, 1.82) is 5.26 Å². The summed E-state index contributed by atoms with van der Waals surface area (Å²) in [5, 5.41) is 17.4. The predicted molar refractivity (Wildman–Crippen MR) is 121 cm³/mol. The third kappa shape index (κ3) is 5.13. The maximum absolute atomic E-state index is 12.9. The van der Waals surface area contributed by atoms with Crippen LogP contribution in [0.25, 0.3) is 0 Å². The van der Waals surface area contributed by atoms with Crippen molar-refractivity contribution in [2.24, 2.45) is 5.92 Å². The Hall–Kier alpha value is -2.43. The van der Waals surface area contributed by atoms with Gasteiger partial charge in [-0.3, -0.25) is 9.69 Å². The van der Waals surface area contributed by atoms with E-state index < -0.39 is 0 Å². The number of halogens is 1. The van der Waals surface area contributed by atoms with E-state index >= 15 is 0 Å². The van der Waals surface area contributed by atoms with Gasteiger partial charge in [-0.15, -0.1) is 10.2 Å². The molecule has 170 valence electrons. The van der Waals surface area contributed by atoms with Crippen molar-refractivity contribution >= 4 is 17.5 Å². The summed E-state index contributed by atoms with van der Waals surface area (Å²) in [6, 6.07) is 6.20. The van der Waals surface area contributed by atoms with Crippen molar-refractivity contribution in [3.8, 4) is 6.07 Å². The van der Waals surface area contributed by atoms with E-state index in [0.717, 1.165) is 50.1 Å². The third-order valence-corrected chi connectivity index (χ3v) is 6.98. The normalized spacial score (nSPS) is 19.9. The Labute approximate surface area is 194 Å². The maximum atomic E-state index is 12.9. The van der Waals surface area contributed by atoms with Crippen molar-refractivity contribution in [2.45, 2.75) is 65.0 Å². The molecular formula is C24H30ClN5O2. The highest BCUT2D eigenvalue weighted by atomic mass is 35.5. The summed E-state index contributed by atoms with van der Waals surface area (Å²) >= 11 is 6.45. The van der Waals surface area contributed by atoms with Crippen LogP contribution in [0.15, 0.2) is 16.5 Å². The second kappa shape index (κ2) is 10.0. The van der Waals surface area contributed by atoms with Gasteiger partial charge in [-0.25, -0.2) is 0 Å². The molecule has 1 aliphatic carbocycles. The van der Waals surface area contributed by atoms with E-state index in [-0.39, 0.29) is 18.4 Å². The Morgan fingerprint density at radius 2 is 1.94 bits per heavy atom. The number of benzene rings is 1. The fourth-order valence-electron chi connectivity index (χ4n) is 4.96. The maximum Gasteiger partial charge on any atom is 0.230 e. The molecule has 32 heavy (non-hydrogen) atoms. The molecule has 2 heterocycles. The molecule has 0 unspecified atom stereocenters. The highest BCUT2D eigenvalue weighted by molar-refractivity contribution is 6.30. The van der Waals surface area contributed by atoms with Crippen molar-refractivity contribution in [3.05, 3.63) is 45.6 Å². The lowest BCUT2D eigenvalue weighted by Gasteiger charge is -2.41. The van der Waals surface area contributed by atoms with Gasteiger partial charge in [0.2, 0.25) is 17.7 Å². The molecule has 0 spiro atoms. The minimum absolute atomic E-state index is 0.111. The average molecular weight is 456 g/mol. The Morgan fingerprint density at radius 1 is 1.22 bits per heavy atom. The molecule has 1 saturated heterocycles. The molecule has 4 rings (SSSR count). The highest BCUT2D eigenvalue weighted by Gasteiger charge is 2.33. The number of nitriles is 1. The fourth-order valence-corrected chi connectivity index (χ4v) is 5.22. The predicted octanol–water partition coefficient (Wildman–Crippen LogP) is 3.91. The van der Waals surface area contributed by atoms with Gasteiger partial charge >= 0.3 is 0 Å². The molecule has 0 bridgehead atoms. The van der Waals surface area contributed by atoms with Gasteiger partial charge < -0.3 is 9.32 Å². The van der Waals surface area contributed by atoms with E-state index in [2.05, 4.69) is 33.8 Å². The lowest BCUT2D eigenvalue weighted by molar-refractivity contribution is -0.140. The summed E-state index contributed by atoms with van der Waals surface area (Å²) < 4.78 is 5.57. The number of rotatable bonds is 6. The molecule has 2 fully saturated rings. The molecule has 1 aromatic heterocycles. The zero-order valence-electron chi connectivity index (χ0n) is 18.8. The third-order valence-electron chi connectivity index (χ3n) is 6.76. The molecule has 2 aliphatic rings. The first kappa shape index (κ1) is 22.8. The minimum Gasteiger partial charge on any atom is -0.424 e. The van der Waals surface area contributed by atoms with Crippen LogP contribution in [0.5, 0.6) is 0 Å². The molecule has 1 aliphatic heterocycles. The van der Waals surface area contributed by atoms with Gasteiger partial charge in [0.05, 0.1) is 12.5 Å². The molecule has 8 heteroatoms. The van der Waals surface area contributed by atoms with Crippen LogP contribution in [-0.4, -0.2) is 51.6 Å². The van der Waals surface area contributed by atoms with E-state index in [1.165, 1.54) is 18.4 Å². The second-order valence-corrected chi connectivity index (χ2v) is 9.48. The van der Waals surface area contributed by atoms with E-state index in [0.29, 0.717) is 29.1 Å². The standard InChI is InChI=1S/C24H30ClN5O2/c1-16-14-29(9-10-30(16)24(31)18-5-3-4-6-18)15-20-12-21(25)11-19(17(20)2)13-23-28-27-22(32-23)7-8-26/h11-12,16,18H,3-7,9-10,13-15H2,1-2H3/t16-/m0/s1. The van der Waals surface area contributed by atoms with Crippen molar-refractivity contribution in [2.75, 3.05) is 19.6 Å². The lowest BCUT2D eigenvalue weighted by Crippen LogP contribution is -2.54. The quantitative estimate of drug-likeness (QED) is 0.656. The molecule has 0 radical (unpaired) electrons. The Balaban J connectivity index is 1.42. The van der Waals surface area contributed by atoms with Crippen LogP contribution in [0.1, 0.15) is 61.1 Å². The first-order valence-corrected chi connectivity index (χ1v) is 11.8. The van der Waals surface area contributed by atoms with Crippen LogP contribution in [0.2, 0.25) is 5.02 Å². The number of piperazine rings is 1. The van der Waals surface area contributed by atoms with Crippen LogP contribution < -0.4 is 0 Å². The number of hydrogen-bond donors (Lipinski definition) is 0. The zero-order valence-corrected chi connectivity index (χ0v) is 19.6. The smallest absolute Gasteiger partial charge is 0.230 e. The summed E-state index contributed by atoms with van der Waals surface area (Å²) in [5.41, 5.74) is 3.38. The van der Waals surface area contributed by atoms with Crippen LogP contribution in [0.4, 0.5) is 0 Å². The number of aromatic nitrogens is 2. The van der Waals surface area contributed by atoms with Crippen LogP contribution >= 0.6 is 11.6 Å². The van der Waals surface area contributed by atoms with Gasteiger partial charge in [0.1, 0.15) is 6.42 Å². The summed E-state index contributed by atoms with van der Waals surface area (Å²) in [6.07, 6.45) is 5.06. The number of carbonyl (C=O) groups is 1.